The number of thiophene rings is 1. The zero-order chi connectivity index (χ0) is 20.6. The average molecular weight is 421 g/mol. The first kappa shape index (κ1) is 20.6. The van der Waals surface area contributed by atoms with Gasteiger partial charge in [0.2, 0.25) is 5.91 Å². The van der Waals surface area contributed by atoms with E-state index < -0.39 is 0 Å². The van der Waals surface area contributed by atoms with E-state index >= 15 is 0 Å². The van der Waals surface area contributed by atoms with Gasteiger partial charge in [-0.15, -0.1) is 0 Å². The highest BCUT2D eigenvalue weighted by Crippen LogP contribution is 2.26. The van der Waals surface area contributed by atoms with Crippen LogP contribution in [0, 0.1) is 5.92 Å². The zero-order valence-corrected chi connectivity index (χ0v) is 17.9. The number of benzene rings is 2. The molecule has 156 valence electrons. The van der Waals surface area contributed by atoms with Gasteiger partial charge >= 0.3 is 0 Å². The molecule has 0 spiro atoms. The highest BCUT2D eigenvalue weighted by molar-refractivity contribution is 7.08. The molecular weight excluding hydrogens is 392 g/mol. The highest BCUT2D eigenvalue weighted by atomic mass is 32.1. The Labute approximate surface area is 182 Å². The minimum atomic E-state index is -0.0812. The summed E-state index contributed by atoms with van der Waals surface area (Å²) in [6.07, 6.45) is 1.78. The van der Waals surface area contributed by atoms with Crippen molar-refractivity contribution in [3.8, 4) is 5.75 Å². The van der Waals surface area contributed by atoms with Crippen LogP contribution in [0.15, 0.2) is 77.5 Å². The number of nitrogens with zero attached hydrogens (tertiary/aromatic N) is 1. The maximum absolute atomic E-state index is 13.0. The summed E-state index contributed by atoms with van der Waals surface area (Å²) in [5.41, 5.74) is 2.27. The van der Waals surface area contributed by atoms with E-state index in [4.69, 9.17) is 4.74 Å². The number of para-hydroxylation sites is 1. The Morgan fingerprint density at radius 2 is 1.70 bits per heavy atom. The van der Waals surface area contributed by atoms with Crippen LogP contribution in [0.2, 0.25) is 0 Å². The third kappa shape index (κ3) is 5.49. The van der Waals surface area contributed by atoms with Crippen molar-refractivity contribution in [3.05, 3.63) is 88.6 Å². The van der Waals surface area contributed by atoms with Crippen molar-refractivity contribution in [2.75, 3.05) is 26.2 Å². The van der Waals surface area contributed by atoms with E-state index in [0.29, 0.717) is 6.61 Å². The molecule has 0 aliphatic carbocycles. The number of rotatable bonds is 8. The zero-order valence-electron chi connectivity index (χ0n) is 17.1. The van der Waals surface area contributed by atoms with E-state index in [1.54, 1.807) is 11.3 Å². The standard InChI is InChI=1S/C25H28N2O2S/c28-25(26-24(22-13-18-30-19-22)20-7-3-1-4-8-20)21-11-14-27(15-12-21)16-17-29-23-9-5-2-6-10-23/h1-10,13,18-19,21,24H,11-12,14-17H2,(H,26,28). The van der Waals surface area contributed by atoms with Crippen molar-refractivity contribution in [1.82, 2.24) is 10.2 Å². The lowest BCUT2D eigenvalue weighted by molar-refractivity contribution is -0.127. The lowest BCUT2D eigenvalue weighted by atomic mass is 9.94. The lowest BCUT2D eigenvalue weighted by Crippen LogP contribution is -2.42. The molecule has 5 heteroatoms. The second kappa shape index (κ2) is 10.4. The third-order valence-electron chi connectivity index (χ3n) is 5.67. The smallest absolute Gasteiger partial charge is 0.223 e. The largest absolute Gasteiger partial charge is 0.492 e. The van der Waals surface area contributed by atoms with Gasteiger partial charge in [0.1, 0.15) is 12.4 Å². The average Bonchev–Trinajstić information content (AvgIpc) is 3.34. The minimum absolute atomic E-state index is 0.0705. The van der Waals surface area contributed by atoms with Crippen molar-refractivity contribution in [2.24, 2.45) is 5.92 Å². The number of amides is 1. The Kier molecular flexibility index (Phi) is 7.16. The first-order chi connectivity index (χ1) is 14.8. The van der Waals surface area contributed by atoms with Crippen LogP contribution >= 0.6 is 11.3 Å². The molecule has 4 rings (SSSR count). The Morgan fingerprint density at radius 1 is 1.00 bits per heavy atom. The fourth-order valence-corrected chi connectivity index (χ4v) is 4.62. The van der Waals surface area contributed by atoms with Crippen molar-refractivity contribution in [1.29, 1.82) is 0 Å². The van der Waals surface area contributed by atoms with Crippen LogP contribution in [0.4, 0.5) is 0 Å². The van der Waals surface area contributed by atoms with Gasteiger partial charge in [-0.25, -0.2) is 0 Å². The van der Waals surface area contributed by atoms with Gasteiger partial charge in [-0.2, -0.15) is 11.3 Å². The third-order valence-corrected chi connectivity index (χ3v) is 6.38. The summed E-state index contributed by atoms with van der Waals surface area (Å²) in [5.74, 6) is 1.14. The number of carbonyl (C=O) groups is 1. The van der Waals surface area contributed by atoms with Crippen molar-refractivity contribution in [3.63, 3.8) is 0 Å². The summed E-state index contributed by atoms with van der Waals surface area (Å²) in [7, 11) is 0. The highest BCUT2D eigenvalue weighted by Gasteiger charge is 2.27. The number of piperidine rings is 1. The second-order valence-electron chi connectivity index (χ2n) is 7.69. The number of hydrogen-bond donors (Lipinski definition) is 1. The van der Waals surface area contributed by atoms with Gasteiger partial charge in [0.25, 0.3) is 0 Å². The monoisotopic (exact) mass is 420 g/mol. The second-order valence-corrected chi connectivity index (χ2v) is 8.47. The first-order valence-electron chi connectivity index (χ1n) is 10.6. The van der Waals surface area contributed by atoms with E-state index in [1.165, 1.54) is 0 Å². The Bertz CT molecular complexity index is 891. The molecule has 1 aliphatic rings. The maximum Gasteiger partial charge on any atom is 0.223 e. The molecule has 1 unspecified atom stereocenters. The molecule has 2 heterocycles. The molecule has 0 bridgehead atoms. The van der Waals surface area contributed by atoms with Crippen LogP contribution in [0.5, 0.6) is 5.75 Å². The van der Waals surface area contributed by atoms with Crippen molar-refractivity contribution < 1.29 is 9.53 Å². The normalized spacial score (nSPS) is 16.1. The van der Waals surface area contributed by atoms with E-state index in [1.807, 2.05) is 48.5 Å². The molecule has 3 aromatic rings. The fraction of sp³-hybridized carbons (Fsp3) is 0.320. The molecule has 0 radical (unpaired) electrons. The van der Waals surface area contributed by atoms with Gasteiger partial charge in [-0.1, -0.05) is 48.5 Å². The van der Waals surface area contributed by atoms with Crippen LogP contribution in [-0.2, 0) is 4.79 Å². The molecular formula is C25H28N2O2S. The van der Waals surface area contributed by atoms with E-state index in [-0.39, 0.29) is 17.9 Å². The number of carbonyl (C=O) groups excluding carboxylic acids is 1. The fourth-order valence-electron chi connectivity index (χ4n) is 3.93. The molecule has 1 saturated heterocycles. The Hall–Kier alpha value is -2.63. The first-order valence-corrected chi connectivity index (χ1v) is 11.5. The summed E-state index contributed by atoms with van der Waals surface area (Å²) >= 11 is 1.66. The van der Waals surface area contributed by atoms with Crippen LogP contribution in [0.3, 0.4) is 0 Å². The topological polar surface area (TPSA) is 41.6 Å². The summed E-state index contributed by atoms with van der Waals surface area (Å²) in [6.45, 7) is 3.44. The number of hydrogen-bond acceptors (Lipinski definition) is 4. The van der Waals surface area contributed by atoms with Gasteiger partial charge in [-0.3, -0.25) is 9.69 Å². The lowest BCUT2D eigenvalue weighted by Gasteiger charge is -2.32. The summed E-state index contributed by atoms with van der Waals surface area (Å²) < 4.78 is 5.81. The van der Waals surface area contributed by atoms with Gasteiger partial charge in [-0.05, 0) is 66.0 Å². The Balaban J connectivity index is 1.27. The summed E-state index contributed by atoms with van der Waals surface area (Å²) in [5, 5.41) is 7.49. The molecule has 0 saturated carbocycles. The van der Waals surface area contributed by atoms with Crippen LogP contribution in [-0.4, -0.2) is 37.0 Å². The minimum Gasteiger partial charge on any atom is -0.492 e. The summed E-state index contributed by atoms with van der Waals surface area (Å²) in [4.78, 5) is 15.4. The molecule has 1 aliphatic heterocycles. The number of likely N-dealkylation sites (tertiary alicyclic amines) is 1. The molecule has 2 aromatic carbocycles. The number of ether oxygens (including phenoxy) is 1. The van der Waals surface area contributed by atoms with Gasteiger partial charge in [0.15, 0.2) is 0 Å². The molecule has 1 amide bonds. The van der Waals surface area contributed by atoms with Crippen LogP contribution < -0.4 is 10.1 Å². The SMILES string of the molecule is O=C(NC(c1ccccc1)c1ccsc1)C1CCN(CCOc2ccccc2)CC1. The molecule has 1 N–H and O–H groups in total. The van der Waals surface area contributed by atoms with Gasteiger partial charge in [0, 0.05) is 12.5 Å². The van der Waals surface area contributed by atoms with Gasteiger partial charge in [0.05, 0.1) is 6.04 Å². The molecule has 30 heavy (non-hydrogen) atoms. The van der Waals surface area contributed by atoms with Gasteiger partial charge < -0.3 is 10.1 Å². The van der Waals surface area contributed by atoms with Crippen LogP contribution in [0.1, 0.15) is 30.0 Å². The quantitative estimate of drug-likeness (QED) is 0.572. The van der Waals surface area contributed by atoms with Crippen molar-refractivity contribution in [2.45, 2.75) is 18.9 Å². The van der Waals surface area contributed by atoms with E-state index in [9.17, 15) is 4.79 Å². The van der Waals surface area contributed by atoms with Crippen LogP contribution in [0.25, 0.3) is 0 Å². The predicted molar refractivity (Wildman–Crippen MR) is 122 cm³/mol. The maximum atomic E-state index is 13.0. The molecule has 1 aromatic heterocycles. The molecule has 4 nitrogen and oxygen atoms in total. The number of nitrogens with one attached hydrogen (secondary N) is 1. The Morgan fingerprint density at radius 3 is 2.37 bits per heavy atom. The van der Waals surface area contributed by atoms with E-state index in [2.05, 4.69) is 39.2 Å². The molecule has 1 fully saturated rings. The molecule has 1 atom stereocenters. The summed E-state index contributed by atoms with van der Waals surface area (Å²) in [6, 6.07) is 22.2. The van der Waals surface area contributed by atoms with E-state index in [0.717, 1.165) is 49.4 Å². The predicted octanol–water partition coefficient (Wildman–Crippen LogP) is 4.74. The van der Waals surface area contributed by atoms with Crippen molar-refractivity contribution >= 4 is 17.2 Å².